The van der Waals surface area contributed by atoms with E-state index in [-0.39, 0.29) is 22.8 Å². The molecule has 0 saturated heterocycles. The van der Waals surface area contributed by atoms with Crippen LogP contribution in [0.4, 0.5) is 5.69 Å². The fourth-order valence-corrected chi connectivity index (χ4v) is 2.48. The van der Waals surface area contributed by atoms with Crippen molar-refractivity contribution in [2.24, 2.45) is 0 Å². The molecule has 4 heteroatoms. The normalized spacial score (nSPS) is 11.8. The number of amides is 2. The predicted molar refractivity (Wildman–Crippen MR) is 107 cm³/mol. The molecule has 2 N–H and O–H groups in total. The van der Waals surface area contributed by atoms with Crippen LogP contribution in [-0.2, 0) is 5.41 Å². The molecule has 2 aromatic rings. The monoisotopic (exact) mass is 352 g/mol. The predicted octanol–water partition coefficient (Wildman–Crippen LogP) is 4.76. The molecular weight excluding hydrogens is 324 g/mol. The van der Waals surface area contributed by atoms with Gasteiger partial charge in [0, 0.05) is 22.4 Å². The number of hydrogen-bond acceptors (Lipinski definition) is 2. The first-order valence-corrected chi connectivity index (χ1v) is 8.80. The number of rotatable bonds is 3. The minimum absolute atomic E-state index is 0.00565. The quantitative estimate of drug-likeness (QED) is 0.836. The van der Waals surface area contributed by atoms with Crippen molar-refractivity contribution in [3.05, 3.63) is 65.2 Å². The van der Waals surface area contributed by atoms with E-state index in [2.05, 4.69) is 31.4 Å². The molecule has 4 nitrogen and oxygen atoms in total. The second kappa shape index (κ2) is 7.32. The molecule has 0 aromatic heterocycles. The van der Waals surface area contributed by atoms with Crippen molar-refractivity contribution in [1.29, 1.82) is 0 Å². The van der Waals surface area contributed by atoms with Crippen molar-refractivity contribution in [2.75, 3.05) is 5.32 Å². The first-order chi connectivity index (χ1) is 12.0. The molecule has 2 aromatic carbocycles. The van der Waals surface area contributed by atoms with Gasteiger partial charge in [-0.2, -0.15) is 0 Å². The lowest BCUT2D eigenvalue weighted by Crippen LogP contribution is -2.40. The highest BCUT2D eigenvalue weighted by atomic mass is 16.2. The van der Waals surface area contributed by atoms with Crippen molar-refractivity contribution in [3.8, 4) is 0 Å². The number of carbonyl (C=O) groups is 2. The van der Waals surface area contributed by atoms with Crippen LogP contribution in [0.2, 0.25) is 0 Å². The molecule has 0 aliphatic heterocycles. The first-order valence-electron chi connectivity index (χ1n) is 8.80. The lowest BCUT2D eigenvalue weighted by atomic mass is 9.87. The van der Waals surface area contributed by atoms with E-state index in [0.717, 1.165) is 11.3 Å². The van der Waals surface area contributed by atoms with E-state index in [9.17, 15) is 9.59 Å². The molecular formula is C22H28N2O2. The highest BCUT2D eigenvalue weighted by Crippen LogP contribution is 2.24. The molecule has 0 radical (unpaired) electrons. The van der Waals surface area contributed by atoms with Crippen LogP contribution in [0.1, 0.15) is 67.8 Å². The third-order valence-electron chi connectivity index (χ3n) is 3.86. The third-order valence-corrected chi connectivity index (χ3v) is 3.86. The zero-order valence-electron chi connectivity index (χ0n) is 16.4. The first kappa shape index (κ1) is 19.7. The SMILES string of the molecule is CC(C)(C)NC(=O)c1cccc(C(=O)Nc2cccc(C(C)(C)C)c2)c1. The maximum absolute atomic E-state index is 12.6. The lowest BCUT2D eigenvalue weighted by molar-refractivity contribution is 0.0919. The Kier molecular flexibility index (Phi) is 5.55. The smallest absolute Gasteiger partial charge is 0.255 e. The van der Waals surface area contributed by atoms with Gasteiger partial charge in [0.2, 0.25) is 0 Å². The molecule has 138 valence electrons. The molecule has 0 aliphatic rings. The van der Waals surface area contributed by atoms with Crippen LogP contribution in [0.15, 0.2) is 48.5 Å². The van der Waals surface area contributed by atoms with Gasteiger partial charge in [0.05, 0.1) is 0 Å². The largest absolute Gasteiger partial charge is 0.347 e. The number of hydrogen-bond donors (Lipinski definition) is 2. The fourth-order valence-electron chi connectivity index (χ4n) is 2.48. The molecule has 0 aliphatic carbocycles. The Labute approximate surface area is 156 Å². The van der Waals surface area contributed by atoms with Gasteiger partial charge in [-0.1, -0.05) is 39.0 Å². The summed E-state index contributed by atoms with van der Waals surface area (Å²) in [7, 11) is 0. The van der Waals surface area contributed by atoms with Crippen LogP contribution < -0.4 is 10.6 Å². The standard InChI is InChI=1S/C22H28N2O2/c1-21(2,3)17-11-8-12-18(14-17)23-19(25)15-9-7-10-16(13-15)20(26)24-22(4,5)6/h7-14H,1-6H3,(H,23,25)(H,24,26). The van der Waals surface area contributed by atoms with E-state index < -0.39 is 0 Å². The van der Waals surface area contributed by atoms with E-state index in [1.165, 1.54) is 0 Å². The average molecular weight is 352 g/mol. The number of carbonyl (C=O) groups excluding carboxylic acids is 2. The molecule has 0 unspecified atom stereocenters. The molecule has 0 fully saturated rings. The summed E-state index contributed by atoms with van der Waals surface area (Å²) < 4.78 is 0. The minimum Gasteiger partial charge on any atom is -0.347 e. The Morgan fingerprint density at radius 1 is 0.769 bits per heavy atom. The van der Waals surface area contributed by atoms with E-state index >= 15 is 0 Å². The molecule has 0 heterocycles. The molecule has 0 spiro atoms. The highest BCUT2D eigenvalue weighted by molar-refractivity contribution is 6.06. The van der Waals surface area contributed by atoms with E-state index in [1.807, 2.05) is 45.0 Å². The Morgan fingerprint density at radius 3 is 1.92 bits per heavy atom. The Morgan fingerprint density at radius 2 is 1.35 bits per heavy atom. The van der Waals surface area contributed by atoms with Gasteiger partial charge in [0.15, 0.2) is 0 Å². The van der Waals surface area contributed by atoms with Crippen LogP contribution in [0.3, 0.4) is 0 Å². The van der Waals surface area contributed by atoms with Crippen LogP contribution in [-0.4, -0.2) is 17.4 Å². The second-order valence-corrected chi connectivity index (χ2v) is 8.57. The number of nitrogens with one attached hydrogen (secondary N) is 2. The van der Waals surface area contributed by atoms with Crippen molar-refractivity contribution in [2.45, 2.75) is 52.5 Å². The van der Waals surface area contributed by atoms with Crippen molar-refractivity contribution in [3.63, 3.8) is 0 Å². The van der Waals surface area contributed by atoms with Crippen LogP contribution in [0, 0.1) is 0 Å². The maximum atomic E-state index is 12.6. The maximum Gasteiger partial charge on any atom is 0.255 e. The summed E-state index contributed by atoms with van der Waals surface area (Å²) in [5, 5.41) is 5.82. The lowest BCUT2D eigenvalue weighted by Gasteiger charge is -2.21. The second-order valence-electron chi connectivity index (χ2n) is 8.57. The zero-order valence-corrected chi connectivity index (χ0v) is 16.4. The fraction of sp³-hybridized carbons (Fsp3) is 0.364. The average Bonchev–Trinajstić information content (AvgIpc) is 2.53. The molecule has 2 rings (SSSR count). The summed E-state index contributed by atoms with van der Waals surface area (Å²) in [4.78, 5) is 24.9. The summed E-state index contributed by atoms with van der Waals surface area (Å²) in [5.41, 5.74) is 2.48. The van der Waals surface area contributed by atoms with Gasteiger partial charge >= 0.3 is 0 Å². The summed E-state index contributed by atoms with van der Waals surface area (Å²) in [6, 6.07) is 14.6. The minimum atomic E-state index is -0.331. The van der Waals surface area contributed by atoms with E-state index in [4.69, 9.17) is 0 Å². The molecule has 2 amide bonds. The van der Waals surface area contributed by atoms with Crippen molar-refractivity contribution < 1.29 is 9.59 Å². The Balaban J connectivity index is 2.18. The van der Waals surface area contributed by atoms with Gasteiger partial charge in [-0.25, -0.2) is 0 Å². The van der Waals surface area contributed by atoms with Gasteiger partial charge in [-0.15, -0.1) is 0 Å². The van der Waals surface area contributed by atoms with Crippen molar-refractivity contribution >= 4 is 17.5 Å². The molecule has 26 heavy (non-hydrogen) atoms. The Bertz CT molecular complexity index is 811. The zero-order chi connectivity index (χ0) is 19.5. The van der Waals surface area contributed by atoms with E-state index in [0.29, 0.717) is 11.1 Å². The molecule has 0 bridgehead atoms. The summed E-state index contributed by atoms with van der Waals surface area (Å²) >= 11 is 0. The van der Waals surface area contributed by atoms with Crippen LogP contribution in [0.5, 0.6) is 0 Å². The van der Waals surface area contributed by atoms with E-state index in [1.54, 1.807) is 24.3 Å². The number of benzene rings is 2. The topological polar surface area (TPSA) is 58.2 Å². The van der Waals surface area contributed by atoms with Crippen molar-refractivity contribution in [1.82, 2.24) is 5.32 Å². The molecule has 0 atom stereocenters. The van der Waals surface area contributed by atoms with Gasteiger partial charge in [0.25, 0.3) is 11.8 Å². The summed E-state index contributed by atoms with van der Waals surface area (Å²) in [6.07, 6.45) is 0. The van der Waals surface area contributed by atoms with Gasteiger partial charge < -0.3 is 10.6 Å². The highest BCUT2D eigenvalue weighted by Gasteiger charge is 2.17. The van der Waals surface area contributed by atoms with Gasteiger partial charge in [0.1, 0.15) is 0 Å². The Hall–Kier alpha value is -2.62. The third kappa shape index (κ3) is 5.45. The van der Waals surface area contributed by atoms with Gasteiger partial charge in [-0.3, -0.25) is 9.59 Å². The molecule has 0 saturated carbocycles. The summed E-state index contributed by atoms with van der Waals surface area (Å²) in [6.45, 7) is 12.2. The van der Waals surface area contributed by atoms with Gasteiger partial charge in [-0.05, 0) is 62.1 Å². The number of anilines is 1. The van der Waals surface area contributed by atoms with Crippen LogP contribution in [0.25, 0.3) is 0 Å². The summed E-state index contributed by atoms with van der Waals surface area (Å²) in [5.74, 6) is -0.427. The van der Waals surface area contributed by atoms with Crippen LogP contribution >= 0.6 is 0 Å².